The van der Waals surface area contributed by atoms with Crippen molar-refractivity contribution in [3.63, 3.8) is 0 Å². The van der Waals surface area contributed by atoms with Crippen molar-refractivity contribution in [1.29, 1.82) is 0 Å². The van der Waals surface area contributed by atoms with Gasteiger partial charge in [0, 0.05) is 18.8 Å². The second-order valence-electron chi connectivity index (χ2n) is 5.68. The van der Waals surface area contributed by atoms with Crippen molar-refractivity contribution in [2.45, 2.75) is 26.4 Å². The molecule has 0 spiro atoms. The van der Waals surface area contributed by atoms with Gasteiger partial charge in [-0.1, -0.05) is 19.1 Å². The van der Waals surface area contributed by atoms with Gasteiger partial charge < -0.3 is 20.6 Å². The molecule has 0 aromatic heterocycles. The highest BCUT2D eigenvalue weighted by atomic mass is 16.3. The van der Waals surface area contributed by atoms with E-state index in [0.717, 1.165) is 31.6 Å². The lowest BCUT2D eigenvalue weighted by molar-refractivity contribution is 0.199. The van der Waals surface area contributed by atoms with Gasteiger partial charge in [0.1, 0.15) is 0 Å². The zero-order chi connectivity index (χ0) is 15.2. The summed E-state index contributed by atoms with van der Waals surface area (Å²) in [4.78, 5) is 14.3. The number of nitrogens with one attached hydrogen (secondary N) is 2. The van der Waals surface area contributed by atoms with E-state index in [-0.39, 0.29) is 6.03 Å². The average Bonchev–Trinajstić information content (AvgIpc) is 2.93. The molecule has 1 aliphatic rings. The van der Waals surface area contributed by atoms with Crippen LogP contribution in [0.1, 0.15) is 31.9 Å². The summed E-state index contributed by atoms with van der Waals surface area (Å²) >= 11 is 0. The van der Waals surface area contributed by atoms with E-state index in [1.165, 1.54) is 0 Å². The first-order valence-electron chi connectivity index (χ1n) is 7.63. The third kappa shape index (κ3) is 4.72. The Morgan fingerprint density at radius 2 is 2.33 bits per heavy atom. The fourth-order valence-corrected chi connectivity index (χ4v) is 2.66. The number of carbonyl (C=O) groups is 1. The number of aliphatic hydroxyl groups excluding tert-OH is 1. The van der Waals surface area contributed by atoms with Gasteiger partial charge in [-0.15, -0.1) is 0 Å². The van der Waals surface area contributed by atoms with Crippen molar-refractivity contribution in [2.24, 2.45) is 5.92 Å². The minimum atomic E-state index is -0.534. The number of nitrogens with zero attached hydrogens (tertiary/aromatic N) is 1. The van der Waals surface area contributed by atoms with Crippen molar-refractivity contribution >= 4 is 11.7 Å². The van der Waals surface area contributed by atoms with E-state index in [9.17, 15) is 9.90 Å². The lowest BCUT2D eigenvalue weighted by atomic mass is 10.1. The van der Waals surface area contributed by atoms with Crippen LogP contribution in [0.25, 0.3) is 0 Å². The molecule has 5 heteroatoms. The minimum absolute atomic E-state index is 0.187. The van der Waals surface area contributed by atoms with E-state index in [0.29, 0.717) is 18.2 Å². The Morgan fingerprint density at radius 3 is 3.00 bits per heavy atom. The SMILES string of the molecule is CCN1CCC(CNC(=O)Nc2cccc(C(C)O)c2)C1. The maximum Gasteiger partial charge on any atom is 0.319 e. The van der Waals surface area contributed by atoms with Crippen molar-refractivity contribution in [2.75, 3.05) is 31.5 Å². The molecule has 0 aliphatic carbocycles. The number of carbonyl (C=O) groups excluding carboxylic acids is 1. The van der Waals surface area contributed by atoms with E-state index < -0.39 is 6.10 Å². The topological polar surface area (TPSA) is 64.6 Å². The largest absolute Gasteiger partial charge is 0.389 e. The van der Waals surface area contributed by atoms with Gasteiger partial charge in [0.05, 0.1) is 6.10 Å². The van der Waals surface area contributed by atoms with E-state index in [4.69, 9.17) is 0 Å². The van der Waals surface area contributed by atoms with Crippen LogP contribution in [-0.4, -0.2) is 42.2 Å². The first-order valence-corrected chi connectivity index (χ1v) is 7.63. The number of aliphatic hydroxyl groups is 1. The molecule has 2 amide bonds. The van der Waals surface area contributed by atoms with Crippen LogP contribution >= 0.6 is 0 Å². The second kappa shape index (κ2) is 7.43. The Morgan fingerprint density at radius 1 is 1.52 bits per heavy atom. The number of rotatable bonds is 5. The van der Waals surface area contributed by atoms with Gasteiger partial charge in [0.2, 0.25) is 0 Å². The number of anilines is 1. The molecule has 2 atom stereocenters. The molecule has 0 bridgehead atoms. The van der Waals surface area contributed by atoms with Gasteiger partial charge in [0.15, 0.2) is 0 Å². The molecule has 0 saturated carbocycles. The zero-order valence-electron chi connectivity index (χ0n) is 12.8. The molecule has 2 rings (SSSR count). The Hall–Kier alpha value is -1.59. The standard InChI is InChI=1S/C16H25N3O2/c1-3-19-8-7-13(11-19)10-17-16(21)18-15-6-4-5-14(9-15)12(2)20/h4-6,9,12-13,20H,3,7-8,10-11H2,1-2H3,(H2,17,18,21). The highest BCUT2D eigenvalue weighted by Crippen LogP contribution is 2.17. The summed E-state index contributed by atoms with van der Waals surface area (Å²) in [6, 6.07) is 7.09. The van der Waals surface area contributed by atoms with Crippen LogP contribution in [0.15, 0.2) is 24.3 Å². The van der Waals surface area contributed by atoms with Gasteiger partial charge in [-0.2, -0.15) is 0 Å². The number of hydrogen-bond donors (Lipinski definition) is 3. The maximum atomic E-state index is 11.9. The predicted molar refractivity (Wildman–Crippen MR) is 84.3 cm³/mol. The minimum Gasteiger partial charge on any atom is -0.389 e. The molecule has 116 valence electrons. The smallest absolute Gasteiger partial charge is 0.319 e. The van der Waals surface area contributed by atoms with Crippen LogP contribution in [0.4, 0.5) is 10.5 Å². The Kier molecular flexibility index (Phi) is 5.59. The quantitative estimate of drug-likeness (QED) is 0.779. The molecule has 1 aromatic rings. The highest BCUT2D eigenvalue weighted by molar-refractivity contribution is 5.89. The first-order chi connectivity index (χ1) is 10.1. The number of likely N-dealkylation sites (tertiary alicyclic amines) is 1. The lowest BCUT2D eigenvalue weighted by Gasteiger charge is -2.14. The van der Waals surface area contributed by atoms with Gasteiger partial charge in [-0.25, -0.2) is 4.79 Å². The van der Waals surface area contributed by atoms with E-state index in [1.54, 1.807) is 13.0 Å². The van der Waals surface area contributed by atoms with Gasteiger partial charge >= 0.3 is 6.03 Å². The fraction of sp³-hybridized carbons (Fsp3) is 0.562. The molecule has 2 unspecified atom stereocenters. The summed E-state index contributed by atoms with van der Waals surface area (Å²) in [6.07, 6.45) is 0.611. The van der Waals surface area contributed by atoms with Gasteiger partial charge in [0.25, 0.3) is 0 Å². The molecule has 3 N–H and O–H groups in total. The van der Waals surface area contributed by atoms with Gasteiger partial charge in [-0.05, 0) is 50.0 Å². The maximum absolute atomic E-state index is 11.9. The van der Waals surface area contributed by atoms with Crippen LogP contribution in [0.2, 0.25) is 0 Å². The third-order valence-electron chi connectivity index (χ3n) is 4.00. The zero-order valence-corrected chi connectivity index (χ0v) is 12.8. The summed E-state index contributed by atoms with van der Waals surface area (Å²) in [5, 5.41) is 15.3. The molecular weight excluding hydrogens is 266 g/mol. The summed E-state index contributed by atoms with van der Waals surface area (Å²) < 4.78 is 0. The van der Waals surface area contributed by atoms with Crippen LogP contribution in [0, 0.1) is 5.92 Å². The highest BCUT2D eigenvalue weighted by Gasteiger charge is 2.21. The third-order valence-corrected chi connectivity index (χ3v) is 4.00. The van der Waals surface area contributed by atoms with Crippen LogP contribution < -0.4 is 10.6 Å². The number of urea groups is 1. The Labute approximate surface area is 126 Å². The van der Waals surface area contributed by atoms with Crippen LogP contribution in [-0.2, 0) is 0 Å². The van der Waals surface area contributed by atoms with Crippen molar-refractivity contribution in [3.8, 4) is 0 Å². The Balaban J connectivity index is 1.78. The normalized spacial score (nSPS) is 20.2. The van der Waals surface area contributed by atoms with Gasteiger partial charge in [-0.3, -0.25) is 0 Å². The van der Waals surface area contributed by atoms with Crippen LogP contribution in [0.5, 0.6) is 0 Å². The predicted octanol–water partition coefficient (Wildman–Crippen LogP) is 2.20. The molecule has 1 aliphatic heterocycles. The summed E-state index contributed by atoms with van der Waals surface area (Å²) in [7, 11) is 0. The molecular formula is C16H25N3O2. The van der Waals surface area contributed by atoms with E-state index in [1.807, 2.05) is 18.2 Å². The Bertz CT molecular complexity index is 476. The number of hydrogen-bond acceptors (Lipinski definition) is 3. The average molecular weight is 291 g/mol. The molecule has 21 heavy (non-hydrogen) atoms. The lowest BCUT2D eigenvalue weighted by Crippen LogP contribution is -2.34. The molecule has 0 radical (unpaired) electrons. The number of amides is 2. The number of benzene rings is 1. The molecule has 1 saturated heterocycles. The fourth-order valence-electron chi connectivity index (χ4n) is 2.66. The van der Waals surface area contributed by atoms with Crippen molar-refractivity contribution < 1.29 is 9.90 Å². The summed E-state index contributed by atoms with van der Waals surface area (Å²) in [6.45, 7) is 7.85. The van der Waals surface area contributed by atoms with Crippen molar-refractivity contribution in [3.05, 3.63) is 29.8 Å². The molecule has 5 nitrogen and oxygen atoms in total. The van der Waals surface area contributed by atoms with Crippen LogP contribution in [0.3, 0.4) is 0 Å². The van der Waals surface area contributed by atoms with E-state index in [2.05, 4.69) is 22.5 Å². The molecule has 1 heterocycles. The summed E-state index contributed by atoms with van der Waals surface area (Å²) in [5.41, 5.74) is 1.50. The molecule has 1 fully saturated rings. The molecule has 1 aromatic carbocycles. The first kappa shape index (κ1) is 15.8. The second-order valence-corrected chi connectivity index (χ2v) is 5.68. The van der Waals surface area contributed by atoms with Crippen molar-refractivity contribution in [1.82, 2.24) is 10.2 Å². The summed E-state index contributed by atoms with van der Waals surface area (Å²) in [5.74, 6) is 0.541. The monoisotopic (exact) mass is 291 g/mol. The van der Waals surface area contributed by atoms with E-state index >= 15 is 0 Å².